The van der Waals surface area contributed by atoms with E-state index < -0.39 is 0 Å². The van der Waals surface area contributed by atoms with E-state index in [1.165, 1.54) is 0 Å². The average molecular weight is 366 g/mol. The Morgan fingerprint density at radius 3 is 2.81 bits per heavy atom. The van der Waals surface area contributed by atoms with Gasteiger partial charge in [-0.05, 0) is 31.5 Å². The van der Waals surface area contributed by atoms with Crippen LogP contribution in [0.2, 0.25) is 0 Å². The molecule has 0 bridgehead atoms. The Morgan fingerprint density at radius 1 is 1.26 bits per heavy atom. The summed E-state index contributed by atoms with van der Waals surface area (Å²) in [5, 5.41) is 10.1. The summed E-state index contributed by atoms with van der Waals surface area (Å²) in [6, 6.07) is 5.70. The second-order valence-electron chi connectivity index (χ2n) is 7.19. The zero-order valence-electron chi connectivity index (χ0n) is 16.2. The number of aromatic amines is 1. The number of nitrogens with one attached hydrogen (secondary N) is 2. The van der Waals surface area contributed by atoms with E-state index in [9.17, 15) is 4.79 Å². The molecule has 0 saturated carbocycles. The fraction of sp³-hybridized carbons (Fsp3) is 0.400. The van der Waals surface area contributed by atoms with Crippen LogP contribution in [0.15, 0.2) is 36.8 Å². The number of carbonyl (C=O) groups excluding carboxylic acids is 1. The molecule has 0 fully saturated rings. The normalized spacial score (nSPS) is 12.3. The van der Waals surface area contributed by atoms with E-state index in [4.69, 9.17) is 0 Å². The van der Waals surface area contributed by atoms with Crippen LogP contribution in [0, 0.1) is 6.92 Å². The van der Waals surface area contributed by atoms with Crippen LogP contribution < -0.4 is 5.32 Å². The summed E-state index contributed by atoms with van der Waals surface area (Å²) in [6.07, 6.45) is 6.19. The molecule has 3 heterocycles. The highest BCUT2D eigenvalue weighted by atomic mass is 16.2. The summed E-state index contributed by atoms with van der Waals surface area (Å²) >= 11 is 0. The van der Waals surface area contributed by atoms with Gasteiger partial charge < -0.3 is 9.88 Å². The number of nitrogens with zero attached hydrogens (tertiary/aromatic N) is 4. The smallest absolute Gasteiger partial charge is 0.271 e. The van der Waals surface area contributed by atoms with Gasteiger partial charge in [-0.25, -0.2) is 4.98 Å². The van der Waals surface area contributed by atoms with Crippen LogP contribution in [0.4, 0.5) is 0 Å². The molecule has 1 atom stereocenters. The van der Waals surface area contributed by atoms with Gasteiger partial charge in [0.15, 0.2) is 0 Å². The highest BCUT2D eigenvalue weighted by Gasteiger charge is 2.16. The van der Waals surface area contributed by atoms with Crippen molar-refractivity contribution in [2.24, 2.45) is 0 Å². The molecule has 2 N–H and O–H groups in total. The van der Waals surface area contributed by atoms with Crippen LogP contribution in [0.5, 0.6) is 0 Å². The number of amides is 1. The fourth-order valence-corrected chi connectivity index (χ4v) is 3.07. The van der Waals surface area contributed by atoms with E-state index in [1.807, 2.05) is 32.2 Å². The first-order valence-electron chi connectivity index (χ1n) is 9.20. The molecule has 0 radical (unpaired) electrons. The van der Waals surface area contributed by atoms with Gasteiger partial charge in [0.05, 0.1) is 12.2 Å². The number of pyridine rings is 1. The summed E-state index contributed by atoms with van der Waals surface area (Å²) in [5.41, 5.74) is 3.38. The van der Waals surface area contributed by atoms with Gasteiger partial charge in [0.1, 0.15) is 11.5 Å². The third-order valence-electron chi connectivity index (χ3n) is 4.46. The summed E-state index contributed by atoms with van der Waals surface area (Å²) in [5.74, 6) is 1.16. The monoisotopic (exact) mass is 366 g/mol. The molecule has 0 aliphatic carbocycles. The first kappa shape index (κ1) is 18.8. The minimum absolute atomic E-state index is 0.0348. The molecule has 7 nitrogen and oxygen atoms in total. The minimum Gasteiger partial charge on any atom is -0.348 e. The molecule has 3 rings (SSSR count). The molecule has 3 aromatic heterocycles. The Morgan fingerprint density at radius 2 is 2.07 bits per heavy atom. The van der Waals surface area contributed by atoms with Gasteiger partial charge in [-0.1, -0.05) is 19.9 Å². The van der Waals surface area contributed by atoms with Gasteiger partial charge in [-0.15, -0.1) is 0 Å². The molecule has 1 unspecified atom stereocenters. The first-order valence-corrected chi connectivity index (χ1v) is 9.20. The molecule has 7 heteroatoms. The van der Waals surface area contributed by atoms with E-state index in [-0.39, 0.29) is 11.9 Å². The summed E-state index contributed by atoms with van der Waals surface area (Å²) in [4.78, 5) is 21.3. The van der Waals surface area contributed by atoms with E-state index in [0.29, 0.717) is 24.6 Å². The number of carbonyl (C=O) groups is 1. The van der Waals surface area contributed by atoms with Crippen LogP contribution in [0.1, 0.15) is 60.0 Å². The first-order chi connectivity index (χ1) is 12.9. The molecular formula is C20H26N6O. The van der Waals surface area contributed by atoms with Gasteiger partial charge in [-0.3, -0.25) is 14.9 Å². The molecule has 0 spiro atoms. The van der Waals surface area contributed by atoms with Crippen molar-refractivity contribution in [1.82, 2.24) is 30.0 Å². The maximum Gasteiger partial charge on any atom is 0.271 e. The van der Waals surface area contributed by atoms with E-state index in [0.717, 1.165) is 22.8 Å². The van der Waals surface area contributed by atoms with Crippen molar-refractivity contribution in [1.29, 1.82) is 0 Å². The van der Waals surface area contributed by atoms with Gasteiger partial charge in [-0.2, -0.15) is 5.10 Å². The van der Waals surface area contributed by atoms with Gasteiger partial charge >= 0.3 is 0 Å². The molecule has 0 aromatic carbocycles. The third-order valence-corrected chi connectivity index (χ3v) is 4.46. The molecule has 0 saturated heterocycles. The topological polar surface area (TPSA) is 88.5 Å². The zero-order valence-corrected chi connectivity index (χ0v) is 16.2. The molecule has 1 amide bonds. The fourth-order valence-electron chi connectivity index (χ4n) is 3.07. The second kappa shape index (κ2) is 8.16. The van der Waals surface area contributed by atoms with Crippen molar-refractivity contribution in [3.05, 3.63) is 65.3 Å². The Balaban J connectivity index is 1.61. The molecule has 0 aliphatic rings. The highest BCUT2D eigenvalue weighted by Crippen LogP contribution is 2.14. The van der Waals surface area contributed by atoms with Gasteiger partial charge in [0.2, 0.25) is 0 Å². The lowest BCUT2D eigenvalue weighted by Crippen LogP contribution is -2.34. The van der Waals surface area contributed by atoms with Crippen LogP contribution in [0.25, 0.3) is 0 Å². The predicted molar refractivity (Wildman–Crippen MR) is 104 cm³/mol. The lowest BCUT2D eigenvalue weighted by molar-refractivity contribution is 0.0935. The number of hydrogen-bond acceptors (Lipinski definition) is 4. The lowest BCUT2D eigenvalue weighted by atomic mass is 10.1. The zero-order chi connectivity index (χ0) is 19.4. The largest absolute Gasteiger partial charge is 0.348 e. The molecule has 0 aliphatic heterocycles. The third kappa shape index (κ3) is 4.61. The summed E-state index contributed by atoms with van der Waals surface area (Å²) < 4.78 is 2.06. The van der Waals surface area contributed by atoms with Crippen molar-refractivity contribution in [2.75, 3.05) is 0 Å². The summed E-state index contributed by atoms with van der Waals surface area (Å²) in [6.45, 7) is 8.82. The molecular weight excluding hydrogens is 340 g/mol. The van der Waals surface area contributed by atoms with Crippen molar-refractivity contribution >= 4 is 5.91 Å². The van der Waals surface area contributed by atoms with Crippen molar-refractivity contribution < 1.29 is 4.79 Å². The number of imidazole rings is 1. The van der Waals surface area contributed by atoms with Gasteiger partial charge in [0.25, 0.3) is 5.91 Å². The standard InChI is InChI=1S/C20H26N6O/c1-13(2)19-22-8-9-26(19)12-16-11-18(25-24-16)20(27)23-15(4)10-17-14(3)6-5-7-21-17/h5-9,11,13,15H,10,12H2,1-4H3,(H,23,27)(H,24,25). The maximum absolute atomic E-state index is 12.5. The van der Waals surface area contributed by atoms with Crippen LogP contribution in [-0.4, -0.2) is 36.7 Å². The Kier molecular flexibility index (Phi) is 5.69. The number of H-pyrrole nitrogens is 1. The second-order valence-corrected chi connectivity index (χ2v) is 7.19. The number of aromatic nitrogens is 5. The average Bonchev–Trinajstić information content (AvgIpc) is 3.27. The Hall–Kier alpha value is -2.96. The maximum atomic E-state index is 12.5. The molecule has 3 aromatic rings. The minimum atomic E-state index is -0.187. The molecule has 27 heavy (non-hydrogen) atoms. The van der Waals surface area contributed by atoms with Crippen LogP contribution in [0.3, 0.4) is 0 Å². The van der Waals surface area contributed by atoms with Crippen LogP contribution in [-0.2, 0) is 13.0 Å². The van der Waals surface area contributed by atoms with E-state index >= 15 is 0 Å². The summed E-state index contributed by atoms with van der Waals surface area (Å²) in [7, 11) is 0. The number of aryl methyl sites for hydroxylation is 1. The van der Waals surface area contributed by atoms with Gasteiger partial charge in [0, 0.05) is 42.7 Å². The van der Waals surface area contributed by atoms with Crippen molar-refractivity contribution in [3.8, 4) is 0 Å². The number of rotatable bonds is 7. The van der Waals surface area contributed by atoms with E-state index in [2.05, 4.69) is 43.9 Å². The predicted octanol–water partition coefficient (Wildman–Crippen LogP) is 2.84. The molecule has 142 valence electrons. The number of hydrogen-bond donors (Lipinski definition) is 2. The highest BCUT2D eigenvalue weighted by molar-refractivity contribution is 5.92. The SMILES string of the molecule is Cc1cccnc1CC(C)NC(=O)c1cc(Cn2ccnc2C(C)C)[nH]n1. The van der Waals surface area contributed by atoms with Crippen molar-refractivity contribution in [3.63, 3.8) is 0 Å². The van der Waals surface area contributed by atoms with Crippen molar-refractivity contribution in [2.45, 2.75) is 52.6 Å². The Labute approximate surface area is 159 Å². The Bertz CT molecular complexity index is 911. The quantitative estimate of drug-likeness (QED) is 0.673. The van der Waals surface area contributed by atoms with E-state index in [1.54, 1.807) is 18.5 Å². The van der Waals surface area contributed by atoms with Crippen LogP contribution >= 0.6 is 0 Å². The lowest BCUT2D eigenvalue weighted by Gasteiger charge is -2.13.